The van der Waals surface area contributed by atoms with E-state index >= 15 is 0 Å². The van der Waals surface area contributed by atoms with Crippen molar-refractivity contribution in [2.75, 3.05) is 5.32 Å². The van der Waals surface area contributed by atoms with Crippen molar-refractivity contribution in [2.24, 2.45) is 5.73 Å². The van der Waals surface area contributed by atoms with Crippen LogP contribution in [0.1, 0.15) is 31.9 Å². The molecule has 8 heteroatoms. The van der Waals surface area contributed by atoms with Crippen molar-refractivity contribution in [1.82, 2.24) is 5.32 Å². The van der Waals surface area contributed by atoms with Gasteiger partial charge in [-0.25, -0.2) is 4.79 Å². The number of carbonyl (C=O) groups is 1. The Bertz CT molecular complexity index is 565. The summed E-state index contributed by atoms with van der Waals surface area (Å²) >= 11 is 4.60. The van der Waals surface area contributed by atoms with Crippen molar-refractivity contribution in [2.45, 2.75) is 32.5 Å². The Balaban J connectivity index is 3.07. The lowest BCUT2D eigenvalue weighted by molar-refractivity contribution is -0.137. The zero-order valence-corrected chi connectivity index (χ0v) is 12.6. The number of anilines is 1. The molecular weight excluding hydrogens is 303 g/mol. The minimum Gasteiger partial charge on any atom is -0.389 e. The highest BCUT2D eigenvalue weighted by atomic mass is 32.1. The van der Waals surface area contributed by atoms with E-state index in [0.29, 0.717) is 0 Å². The van der Waals surface area contributed by atoms with Crippen molar-refractivity contribution in [1.29, 1.82) is 0 Å². The van der Waals surface area contributed by atoms with Crippen LogP contribution in [0, 0.1) is 0 Å². The molecule has 0 aliphatic heterocycles. The first-order valence-corrected chi connectivity index (χ1v) is 6.41. The minimum atomic E-state index is -4.61. The van der Waals surface area contributed by atoms with Crippen LogP contribution in [0.5, 0.6) is 0 Å². The maximum Gasteiger partial charge on any atom is 0.417 e. The van der Waals surface area contributed by atoms with Crippen molar-refractivity contribution < 1.29 is 18.0 Å². The Labute approximate surface area is 125 Å². The molecule has 21 heavy (non-hydrogen) atoms. The minimum absolute atomic E-state index is 0.00377. The predicted octanol–water partition coefficient (Wildman–Crippen LogP) is 3.26. The van der Waals surface area contributed by atoms with Gasteiger partial charge in [-0.15, -0.1) is 0 Å². The van der Waals surface area contributed by atoms with Gasteiger partial charge in [0.05, 0.1) is 5.56 Å². The number of carbonyl (C=O) groups excluding carboxylic acids is 1. The lowest BCUT2D eigenvalue weighted by atomic mass is 10.1. The van der Waals surface area contributed by atoms with Crippen LogP contribution < -0.4 is 16.4 Å². The fraction of sp³-hybridized carbons (Fsp3) is 0.385. The number of hydrogen-bond donors (Lipinski definition) is 3. The SMILES string of the molecule is CC(C)(C)NC(=O)Nc1ccc(C(N)=S)c(C(F)(F)F)c1. The van der Waals surface area contributed by atoms with Gasteiger partial charge in [0, 0.05) is 16.8 Å². The highest BCUT2D eigenvalue weighted by Crippen LogP contribution is 2.33. The largest absolute Gasteiger partial charge is 0.417 e. The first-order valence-electron chi connectivity index (χ1n) is 6.00. The summed E-state index contributed by atoms with van der Waals surface area (Å²) in [5.41, 5.74) is 3.52. The maximum atomic E-state index is 13.0. The molecule has 0 bridgehead atoms. The maximum absolute atomic E-state index is 13.0. The van der Waals surface area contributed by atoms with Gasteiger partial charge in [0.1, 0.15) is 4.99 Å². The van der Waals surface area contributed by atoms with E-state index in [-0.39, 0.29) is 16.2 Å². The number of benzene rings is 1. The standard InChI is InChI=1S/C13H16F3N3OS/c1-12(2,3)19-11(20)18-7-4-5-8(10(17)21)9(6-7)13(14,15)16/h4-6H,1-3H3,(H2,17,21)(H2,18,19,20). The highest BCUT2D eigenvalue weighted by molar-refractivity contribution is 7.80. The molecule has 0 fully saturated rings. The van der Waals surface area contributed by atoms with Crippen LogP contribution in [0.15, 0.2) is 18.2 Å². The van der Waals surface area contributed by atoms with Gasteiger partial charge in [0.25, 0.3) is 0 Å². The molecular formula is C13H16F3N3OS. The van der Waals surface area contributed by atoms with Gasteiger partial charge in [0.2, 0.25) is 0 Å². The number of amides is 2. The van der Waals surface area contributed by atoms with E-state index in [1.54, 1.807) is 20.8 Å². The molecule has 116 valence electrons. The number of hydrogen-bond acceptors (Lipinski definition) is 2. The summed E-state index contributed by atoms with van der Waals surface area (Å²) in [7, 11) is 0. The third kappa shape index (κ3) is 5.22. The second kappa shape index (κ2) is 5.88. The third-order valence-electron chi connectivity index (χ3n) is 2.34. The Morgan fingerprint density at radius 1 is 1.24 bits per heavy atom. The summed E-state index contributed by atoms with van der Waals surface area (Å²) in [5, 5.41) is 4.92. The van der Waals surface area contributed by atoms with E-state index in [1.807, 2.05) is 0 Å². The Morgan fingerprint density at radius 3 is 2.24 bits per heavy atom. The van der Waals surface area contributed by atoms with Gasteiger partial charge in [-0.05, 0) is 39.0 Å². The van der Waals surface area contributed by atoms with Gasteiger partial charge in [-0.2, -0.15) is 13.2 Å². The Hall–Kier alpha value is -1.83. The molecule has 0 spiro atoms. The van der Waals surface area contributed by atoms with Crippen LogP contribution in [0.4, 0.5) is 23.7 Å². The topological polar surface area (TPSA) is 67.2 Å². The Morgan fingerprint density at radius 2 is 1.81 bits per heavy atom. The van der Waals surface area contributed by atoms with Gasteiger partial charge in [0.15, 0.2) is 0 Å². The fourth-order valence-electron chi connectivity index (χ4n) is 1.57. The van der Waals surface area contributed by atoms with E-state index < -0.39 is 23.3 Å². The van der Waals surface area contributed by atoms with E-state index in [0.717, 1.165) is 12.1 Å². The van der Waals surface area contributed by atoms with Crippen LogP contribution in [0.3, 0.4) is 0 Å². The molecule has 0 aliphatic rings. The molecule has 0 aromatic heterocycles. The number of thiocarbonyl (C=S) groups is 1. The van der Waals surface area contributed by atoms with E-state index in [9.17, 15) is 18.0 Å². The zero-order valence-electron chi connectivity index (χ0n) is 11.8. The summed E-state index contributed by atoms with van der Waals surface area (Å²) in [4.78, 5) is 11.3. The first kappa shape index (κ1) is 17.2. The number of alkyl halides is 3. The molecule has 0 radical (unpaired) electrons. The summed E-state index contributed by atoms with van der Waals surface area (Å²) in [6.07, 6.45) is -4.61. The summed E-state index contributed by atoms with van der Waals surface area (Å²) in [5.74, 6) is 0. The molecule has 0 saturated heterocycles. The number of nitrogens with two attached hydrogens (primary N) is 1. The van der Waals surface area contributed by atoms with Crippen molar-refractivity contribution in [3.05, 3.63) is 29.3 Å². The van der Waals surface area contributed by atoms with Crippen molar-refractivity contribution >= 4 is 28.9 Å². The van der Waals surface area contributed by atoms with Crippen LogP contribution in [0.25, 0.3) is 0 Å². The average Bonchev–Trinajstić information content (AvgIpc) is 2.24. The lowest BCUT2D eigenvalue weighted by Crippen LogP contribution is -2.43. The Kier molecular flexibility index (Phi) is 4.83. The number of nitrogens with one attached hydrogen (secondary N) is 2. The van der Waals surface area contributed by atoms with Crippen LogP contribution in [0.2, 0.25) is 0 Å². The van der Waals surface area contributed by atoms with E-state index in [1.165, 1.54) is 6.07 Å². The van der Waals surface area contributed by atoms with Crippen molar-refractivity contribution in [3.63, 3.8) is 0 Å². The highest BCUT2D eigenvalue weighted by Gasteiger charge is 2.34. The quantitative estimate of drug-likeness (QED) is 0.733. The second-order valence-corrected chi connectivity index (χ2v) is 5.89. The molecule has 1 aromatic carbocycles. The fourth-order valence-corrected chi connectivity index (χ4v) is 1.75. The van der Waals surface area contributed by atoms with Crippen LogP contribution >= 0.6 is 12.2 Å². The van der Waals surface area contributed by atoms with Gasteiger partial charge in [-0.1, -0.05) is 12.2 Å². The van der Waals surface area contributed by atoms with Crippen LogP contribution in [-0.4, -0.2) is 16.6 Å². The molecule has 1 rings (SSSR count). The molecule has 0 heterocycles. The summed E-state index contributed by atoms with van der Waals surface area (Å²) in [6, 6.07) is 2.65. The number of halogens is 3. The monoisotopic (exact) mass is 319 g/mol. The second-order valence-electron chi connectivity index (χ2n) is 5.45. The molecule has 0 aliphatic carbocycles. The smallest absolute Gasteiger partial charge is 0.389 e. The van der Waals surface area contributed by atoms with Gasteiger partial charge >= 0.3 is 12.2 Å². The first-order chi connectivity index (χ1) is 9.40. The lowest BCUT2D eigenvalue weighted by Gasteiger charge is -2.21. The molecule has 0 saturated carbocycles. The molecule has 1 aromatic rings. The van der Waals surface area contributed by atoms with E-state index in [4.69, 9.17) is 5.73 Å². The molecule has 0 unspecified atom stereocenters. The summed E-state index contributed by atoms with van der Waals surface area (Å²) < 4.78 is 38.9. The summed E-state index contributed by atoms with van der Waals surface area (Å²) in [6.45, 7) is 5.26. The third-order valence-corrected chi connectivity index (χ3v) is 2.56. The van der Waals surface area contributed by atoms with E-state index in [2.05, 4.69) is 22.9 Å². The molecule has 4 nitrogen and oxygen atoms in total. The normalized spacial score (nSPS) is 11.9. The average molecular weight is 319 g/mol. The molecule has 2 amide bonds. The number of urea groups is 1. The molecule has 4 N–H and O–H groups in total. The van der Waals surface area contributed by atoms with Crippen LogP contribution in [-0.2, 0) is 6.18 Å². The van der Waals surface area contributed by atoms with Gasteiger partial charge < -0.3 is 16.4 Å². The predicted molar refractivity (Wildman–Crippen MR) is 79.2 cm³/mol. The zero-order chi connectivity index (χ0) is 16.4. The number of rotatable bonds is 2. The van der Waals surface area contributed by atoms with Gasteiger partial charge in [-0.3, -0.25) is 0 Å². The molecule has 0 atom stereocenters. The van der Waals surface area contributed by atoms with Crippen molar-refractivity contribution in [3.8, 4) is 0 Å².